The molecule has 6 N–H and O–H groups in total. The van der Waals surface area contributed by atoms with E-state index in [1.165, 1.54) is 22.7 Å². The first-order valence-electron chi connectivity index (χ1n) is 9.77. The number of oxime groups is 1. The molecule has 15 heteroatoms. The zero-order valence-electron chi connectivity index (χ0n) is 17.9. The Hall–Kier alpha value is -2.84. The second kappa shape index (κ2) is 12.2. The van der Waals surface area contributed by atoms with E-state index in [-0.39, 0.29) is 53.7 Å². The van der Waals surface area contributed by atoms with Crippen molar-refractivity contribution in [1.29, 1.82) is 0 Å². The van der Waals surface area contributed by atoms with Crippen molar-refractivity contribution in [3.05, 3.63) is 58.2 Å². The molecule has 1 saturated heterocycles. The molecule has 2 atom stereocenters. The number of rotatable bonds is 8. The van der Waals surface area contributed by atoms with E-state index < -0.39 is 29.2 Å². The van der Waals surface area contributed by atoms with Crippen LogP contribution in [-0.2, 0) is 32.4 Å². The molecule has 1 unspecified atom stereocenters. The van der Waals surface area contributed by atoms with Gasteiger partial charge in [-0.1, -0.05) is 29.4 Å². The molecule has 1 fully saturated rings. The maximum absolute atomic E-state index is 13.0. The lowest BCUT2D eigenvalue weighted by atomic mass is 10.0. The number of nitrogens with zero attached hydrogens (tertiary/aromatic N) is 3. The minimum Gasteiger partial charge on any atom is -0.477 e. The van der Waals surface area contributed by atoms with Crippen LogP contribution in [0, 0.1) is 0 Å². The van der Waals surface area contributed by atoms with Crippen molar-refractivity contribution in [2.75, 3.05) is 11.5 Å². The Bertz CT molecular complexity index is 1160. The van der Waals surface area contributed by atoms with Crippen molar-refractivity contribution in [3.8, 4) is 0 Å². The van der Waals surface area contributed by atoms with Crippen LogP contribution >= 0.6 is 47.9 Å². The number of amides is 2. The van der Waals surface area contributed by atoms with Gasteiger partial charge < -0.3 is 26.7 Å². The summed E-state index contributed by atoms with van der Waals surface area (Å²) in [6.45, 7) is 0.526. The summed E-state index contributed by atoms with van der Waals surface area (Å²) in [6.07, 6.45) is 1.47. The first-order chi connectivity index (χ1) is 15.9. The van der Waals surface area contributed by atoms with E-state index in [1.807, 2.05) is 24.3 Å². The fourth-order valence-electron chi connectivity index (χ4n) is 3.29. The normalized spacial score (nSPS) is 18.8. The Morgan fingerprint density at radius 1 is 1.26 bits per heavy atom. The number of hydrogen-bond acceptors (Lipinski definition) is 10. The summed E-state index contributed by atoms with van der Waals surface area (Å²) >= 11 is 2.49. The highest BCUT2D eigenvalue weighted by molar-refractivity contribution is 8.00. The number of carboxylic acid groups (broad SMARTS) is 1. The molecule has 0 aliphatic carbocycles. The highest BCUT2D eigenvalue weighted by Gasteiger charge is 2.53. The first kappa shape index (κ1) is 28.4. The minimum atomic E-state index is -1.19. The molecule has 0 bridgehead atoms. The third-order valence-corrected chi connectivity index (χ3v) is 6.83. The number of benzene rings is 1. The molecular formula is C20H22Cl2N6O5S2. The molecular weight excluding hydrogens is 539 g/mol. The smallest absolute Gasteiger partial charge is 0.352 e. The van der Waals surface area contributed by atoms with Crippen molar-refractivity contribution in [2.45, 2.75) is 24.6 Å². The molecule has 35 heavy (non-hydrogen) atoms. The molecule has 4 rings (SSSR count). The third-order valence-electron chi connectivity index (χ3n) is 4.98. The summed E-state index contributed by atoms with van der Waals surface area (Å²) in [5.74, 6) is -1.96. The summed E-state index contributed by atoms with van der Waals surface area (Å²) in [6, 6.07) is 6.52. The number of fused-ring (bicyclic) bond motifs is 1. The number of aliphatic carboxylic acids is 1. The third kappa shape index (κ3) is 6.05. The number of nitrogens with two attached hydrogens (primary N) is 2. The number of nitrogens with one attached hydrogen (secondary N) is 1. The summed E-state index contributed by atoms with van der Waals surface area (Å²) < 4.78 is 0. The zero-order valence-corrected chi connectivity index (χ0v) is 21.2. The standard InChI is InChI=1S/C20H20N6O5S2.2ClH/c21-7-10-1-3-11(4-2-10)8-31-25-14(12-9-33-20(22)23-12)16(27)24-15-17(28)26-13(19(29)30)5-6-32-18(15)26;;/h1-5,9,15,18H,6-8,21H2,(H2,22,23)(H,24,27)(H,29,30);2*1H/b25-14-;;/t15?,18-;;/m0../s1. The number of nitrogen functional groups attached to an aromatic ring is 1. The van der Waals surface area contributed by atoms with Crippen LogP contribution < -0.4 is 16.8 Å². The minimum absolute atomic E-state index is 0. The van der Waals surface area contributed by atoms with Crippen LogP contribution in [0.5, 0.6) is 0 Å². The molecule has 3 heterocycles. The van der Waals surface area contributed by atoms with Crippen molar-refractivity contribution in [3.63, 3.8) is 0 Å². The first-order valence-corrected chi connectivity index (χ1v) is 11.7. The summed E-state index contributed by atoms with van der Waals surface area (Å²) in [4.78, 5) is 47.5. The second-order valence-electron chi connectivity index (χ2n) is 7.08. The van der Waals surface area contributed by atoms with Gasteiger partial charge in [0.05, 0.1) is 0 Å². The van der Waals surface area contributed by atoms with E-state index in [0.29, 0.717) is 12.3 Å². The largest absolute Gasteiger partial charge is 0.477 e. The maximum Gasteiger partial charge on any atom is 0.352 e. The molecule has 0 saturated carbocycles. The van der Waals surface area contributed by atoms with Crippen LogP contribution in [-0.4, -0.2) is 55.7 Å². The van der Waals surface area contributed by atoms with E-state index in [0.717, 1.165) is 22.5 Å². The summed E-state index contributed by atoms with van der Waals surface area (Å²) in [5.41, 5.74) is 13.1. The van der Waals surface area contributed by atoms with Gasteiger partial charge in [0, 0.05) is 17.7 Å². The van der Waals surface area contributed by atoms with Gasteiger partial charge in [-0.3, -0.25) is 14.5 Å². The molecule has 188 valence electrons. The van der Waals surface area contributed by atoms with Gasteiger partial charge in [-0.2, -0.15) is 0 Å². The van der Waals surface area contributed by atoms with Gasteiger partial charge in [-0.15, -0.1) is 47.9 Å². The number of thiazole rings is 1. The number of carboxylic acids is 1. The lowest BCUT2D eigenvalue weighted by Gasteiger charge is -2.48. The number of halogens is 2. The lowest BCUT2D eigenvalue weighted by Crippen LogP contribution is -2.70. The number of carbonyl (C=O) groups is 3. The average Bonchev–Trinajstić information content (AvgIpc) is 3.25. The second-order valence-corrected chi connectivity index (χ2v) is 9.12. The topological polar surface area (TPSA) is 173 Å². The van der Waals surface area contributed by atoms with Gasteiger partial charge in [0.15, 0.2) is 10.8 Å². The average molecular weight is 561 g/mol. The molecule has 11 nitrogen and oxygen atoms in total. The van der Waals surface area contributed by atoms with Crippen molar-refractivity contribution in [1.82, 2.24) is 15.2 Å². The molecule has 0 spiro atoms. The van der Waals surface area contributed by atoms with Gasteiger partial charge in [0.2, 0.25) is 0 Å². The monoisotopic (exact) mass is 560 g/mol. The lowest BCUT2D eigenvalue weighted by molar-refractivity contribution is -0.150. The van der Waals surface area contributed by atoms with Crippen molar-refractivity contribution in [2.24, 2.45) is 10.9 Å². The van der Waals surface area contributed by atoms with Crippen LogP contribution in [0.25, 0.3) is 0 Å². The number of carbonyl (C=O) groups excluding carboxylic acids is 2. The predicted molar refractivity (Wildman–Crippen MR) is 137 cm³/mol. The van der Waals surface area contributed by atoms with Gasteiger partial charge in [-0.25, -0.2) is 9.78 Å². The van der Waals surface area contributed by atoms with Crippen LogP contribution in [0.3, 0.4) is 0 Å². The highest BCUT2D eigenvalue weighted by atomic mass is 35.5. The molecule has 1 aromatic carbocycles. The van der Waals surface area contributed by atoms with Gasteiger partial charge in [0.1, 0.15) is 29.4 Å². The number of aromatic nitrogens is 1. The zero-order chi connectivity index (χ0) is 23.5. The van der Waals surface area contributed by atoms with Gasteiger partial charge in [-0.05, 0) is 17.2 Å². The summed E-state index contributed by atoms with van der Waals surface area (Å²) in [7, 11) is 0. The molecule has 2 amide bonds. The molecule has 0 radical (unpaired) electrons. The molecule has 1 aromatic heterocycles. The Morgan fingerprint density at radius 2 is 1.94 bits per heavy atom. The van der Waals surface area contributed by atoms with Crippen LogP contribution in [0.2, 0.25) is 0 Å². The SMILES string of the molecule is Cl.Cl.NCc1ccc(CO/N=C(\C(=O)NC2C(=O)N3C(C(=O)O)=CCS[C@@H]23)c2csc(N)n2)cc1. The maximum atomic E-state index is 13.0. The molecule has 2 aliphatic rings. The predicted octanol–water partition coefficient (Wildman–Crippen LogP) is 1.32. The van der Waals surface area contributed by atoms with E-state index in [2.05, 4.69) is 15.5 Å². The fraction of sp³-hybridized carbons (Fsp3) is 0.250. The Balaban J connectivity index is 0.00000216. The fourth-order valence-corrected chi connectivity index (χ4v) is 5.03. The van der Waals surface area contributed by atoms with Crippen LogP contribution in [0.1, 0.15) is 16.8 Å². The Kier molecular flexibility index (Phi) is 9.92. The Labute approximate surface area is 220 Å². The van der Waals surface area contributed by atoms with Gasteiger partial charge in [0.25, 0.3) is 11.8 Å². The van der Waals surface area contributed by atoms with E-state index >= 15 is 0 Å². The summed E-state index contributed by atoms with van der Waals surface area (Å²) in [5, 5.41) is 17.2. The van der Waals surface area contributed by atoms with Gasteiger partial charge >= 0.3 is 5.97 Å². The van der Waals surface area contributed by atoms with E-state index in [4.69, 9.17) is 16.3 Å². The van der Waals surface area contributed by atoms with Crippen LogP contribution in [0.4, 0.5) is 5.13 Å². The van der Waals surface area contributed by atoms with Crippen molar-refractivity contribution < 1.29 is 24.3 Å². The number of anilines is 1. The molecule has 2 aliphatic heterocycles. The van der Waals surface area contributed by atoms with Crippen molar-refractivity contribution >= 4 is 76.5 Å². The van der Waals surface area contributed by atoms with E-state index in [1.54, 1.807) is 5.38 Å². The number of hydrogen-bond donors (Lipinski definition) is 4. The number of β-lactam (4-membered cyclic amide) rings is 1. The number of thioether (sulfide) groups is 1. The van der Waals surface area contributed by atoms with Crippen LogP contribution in [0.15, 0.2) is 46.6 Å². The van der Waals surface area contributed by atoms with E-state index in [9.17, 15) is 19.5 Å². The molecule has 2 aromatic rings. The highest BCUT2D eigenvalue weighted by Crippen LogP contribution is 2.37. The quantitative estimate of drug-likeness (QED) is 0.211. The Morgan fingerprint density at radius 3 is 2.54 bits per heavy atom.